The molecule has 1 N–H and O–H groups in total. The Balaban J connectivity index is 0.00000280. The van der Waals surface area contributed by atoms with Gasteiger partial charge < -0.3 is 19.9 Å². The van der Waals surface area contributed by atoms with Gasteiger partial charge >= 0.3 is 0 Å². The lowest BCUT2D eigenvalue weighted by molar-refractivity contribution is -0.00268. The Hall–Kier alpha value is -0.420. The summed E-state index contributed by atoms with van der Waals surface area (Å²) in [5, 5.41) is 5.68. The standard InChI is InChI=1S/C20H35N5OS.HI/c1-4-21-19(22-17-20(23(2)3)7-13-26-14-8-20)25-11-9-24(10-12-25)16-18-6-5-15-27-18;/h5-6,15H,4,7-14,16-17H2,1-3H3,(H,21,22);1H. The van der Waals surface area contributed by atoms with E-state index in [0.717, 1.165) is 77.8 Å². The molecule has 0 saturated carbocycles. The van der Waals surface area contributed by atoms with E-state index in [2.05, 4.69) is 58.5 Å². The zero-order chi connectivity index (χ0) is 19.1. The van der Waals surface area contributed by atoms with Gasteiger partial charge in [0.1, 0.15) is 0 Å². The molecule has 28 heavy (non-hydrogen) atoms. The van der Waals surface area contributed by atoms with E-state index in [1.54, 1.807) is 0 Å². The molecule has 0 radical (unpaired) electrons. The molecule has 1 aromatic heterocycles. The van der Waals surface area contributed by atoms with E-state index in [0.29, 0.717) is 0 Å². The van der Waals surface area contributed by atoms with Gasteiger partial charge in [-0.05, 0) is 45.3 Å². The first kappa shape index (κ1) is 23.9. The summed E-state index contributed by atoms with van der Waals surface area (Å²) in [7, 11) is 4.36. The van der Waals surface area contributed by atoms with Gasteiger partial charge in [-0.1, -0.05) is 6.07 Å². The number of guanidine groups is 1. The second-order valence-electron chi connectivity index (χ2n) is 7.74. The van der Waals surface area contributed by atoms with Gasteiger partial charge in [-0.15, -0.1) is 35.3 Å². The summed E-state index contributed by atoms with van der Waals surface area (Å²) in [6.07, 6.45) is 2.11. The van der Waals surface area contributed by atoms with Crippen molar-refractivity contribution in [3.8, 4) is 0 Å². The van der Waals surface area contributed by atoms with Gasteiger partial charge in [0.05, 0.1) is 6.54 Å². The lowest BCUT2D eigenvalue weighted by Crippen LogP contribution is -2.54. The number of likely N-dealkylation sites (N-methyl/N-ethyl adjacent to an activating group) is 1. The second-order valence-corrected chi connectivity index (χ2v) is 8.78. The predicted octanol–water partition coefficient (Wildman–Crippen LogP) is 2.56. The van der Waals surface area contributed by atoms with Crippen LogP contribution >= 0.6 is 35.3 Å². The van der Waals surface area contributed by atoms with Gasteiger partial charge in [-0.2, -0.15) is 0 Å². The molecule has 2 aliphatic heterocycles. The van der Waals surface area contributed by atoms with Gasteiger partial charge in [0.25, 0.3) is 0 Å². The highest BCUT2D eigenvalue weighted by Gasteiger charge is 2.35. The van der Waals surface area contributed by atoms with Crippen molar-refractivity contribution in [1.29, 1.82) is 0 Å². The maximum absolute atomic E-state index is 5.59. The zero-order valence-electron chi connectivity index (χ0n) is 17.5. The second kappa shape index (κ2) is 11.7. The number of aliphatic imine (C=N–C) groups is 1. The van der Waals surface area contributed by atoms with Gasteiger partial charge in [0, 0.05) is 62.9 Å². The molecule has 0 spiro atoms. The Morgan fingerprint density at radius 1 is 1.25 bits per heavy atom. The molecule has 0 unspecified atom stereocenters. The number of nitrogens with one attached hydrogen (secondary N) is 1. The van der Waals surface area contributed by atoms with Crippen molar-refractivity contribution in [3.63, 3.8) is 0 Å². The van der Waals surface area contributed by atoms with Crippen LogP contribution in [0.1, 0.15) is 24.6 Å². The SMILES string of the molecule is CCNC(=NCC1(N(C)C)CCOCC1)N1CCN(Cc2cccs2)CC1.I. The van der Waals surface area contributed by atoms with Crippen LogP contribution in [0, 0.1) is 0 Å². The van der Waals surface area contributed by atoms with Crippen molar-refractivity contribution in [2.75, 3.05) is 66.6 Å². The average molecular weight is 522 g/mol. The van der Waals surface area contributed by atoms with Gasteiger partial charge in [0.15, 0.2) is 5.96 Å². The third-order valence-electron chi connectivity index (χ3n) is 5.86. The fraction of sp³-hybridized carbons (Fsp3) is 0.750. The highest BCUT2D eigenvalue weighted by Crippen LogP contribution is 2.26. The molecule has 0 amide bonds. The van der Waals surface area contributed by atoms with Crippen molar-refractivity contribution in [1.82, 2.24) is 20.0 Å². The van der Waals surface area contributed by atoms with Crippen LogP contribution in [0.4, 0.5) is 0 Å². The Labute approximate surface area is 191 Å². The maximum Gasteiger partial charge on any atom is 0.194 e. The van der Waals surface area contributed by atoms with E-state index in [-0.39, 0.29) is 29.5 Å². The van der Waals surface area contributed by atoms with Crippen molar-refractivity contribution in [2.45, 2.75) is 31.8 Å². The summed E-state index contributed by atoms with van der Waals surface area (Å²) < 4.78 is 5.59. The minimum absolute atomic E-state index is 0. The minimum Gasteiger partial charge on any atom is -0.381 e. The third-order valence-corrected chi connectivity index (χ3v) is 6.72. The van der Waals surface area contributed by atoms with E-state index in [1.165, 1.54) is 4.88 Å². The van der Waals surface area contributed by atoms with Crippen LogP contribution in [0.3, 0.4) is 0 Å². The third kappa shape index (κ3) is 6.29. The number of rotatable bonds is 6. The first-order chi connectivity index (χ1) is 13.1. The Kier molecular flexibility index (Phi) is 9.96. The number of thiophene rings is 1. The van der Waals surface area contributed by atoms with E-state index in [9.17, 15) is 0 Å². The molecule has 8 heteroatoms. The summed E-state index contributed by atoms with van der Waals surface area (Å²) >= 11 is 1.85. The lowest BCUT2D eigenvalue weighted by Gasteiger charge is -2.42. The van der Waals surface area contributed by atoms with Crippen molar-refractivity contribution < 1.29 is 4.74 Å². The van der Waals surface area contributed by atoms with Crippen LogP contribution in [0.2, 0.25) is 0 Å². The molecular formula is C20H36IN5OS. The maximum atomic E-state index is 5.59. The number of ether oxygens (including phenoxy) is 1. The largest absolute Gasteiger partial charge is 0.381 e. The first-order valence-electron chi connectivity index (χ1n) is 10.2. The predicted molar refractivity (Wildman–Crippen MR) is 129 cm³/mol. The highest BCUT2D eigenvalue weighted by atomic mass is 127. The van der Waals surface area contributed by atoms with Crippen molar-refractivity contribution >= 4 is 41.3 Å². The summed E-state index contributed by atoms with van der Waals surface area (Å²) in [5.74, 6) is 1.07. The topological polar surface area (TPSA) is 43.3 Å². The molecule has 6 nitrogen and oxygen atoms in total. The van der Waals surface area contributed by atoms with Crippen LogP contribution in [0.5, 0.6) is 0 Å². The monoisotopic (exact) mass is 521 g/mol. The molecule has 2 aliphatic rings. The molecule has 2 saturated heterocycles. The molecule has 0 aromatic carbocycles. The number of piperazine rings is 1. The summed E-state index contributed by atoms with van der Waals surface area (Å²) in [6, 6.07) is 4.38. The molecule has 160 valence electrons. The fourth-order valence-electron chi connectivity index (χ4n) is 3.89. The summed E-state index contributed by atoms with van der Waals surface area (Å²) in [5.41, 5.74) is 0.125. The van der Waals surface area contributed by atoms with E-state index >= 15 is 0 Å². The van der Waals surface area contributed by atoms with E-state index < -0.39 is 0 Å². The molecule has 2 fully saturated rings. The fourth-order valence-corrected chi connectivity index (χ4v) is 4.63. The number of hydrogen-bond acceptors (Lipinski definition) is 5. The van der Waals surface area contributed by atoms with Gasteiger partial charge in [-0.3, -0.25) is 9.89 Å². The van der Waals surface area contributed by atoms with Crippen molar-refractivity contribution in [2.24, 2.45) is 4.99 Å². The number of nitrogens with zero attached hydrogens (tertiary/aromatic N) is 4. The number of hydrogen-bond donors (Lipinski definition) is 1. The number of halogens is 1. The molecule has 0 atom stereocenters. The molecule has 1 aromatic rings. The van der Waals surface area contributed by atoms with E-state index in [1.807, 2.05) is 11.3 Å². The van der Waals surface area contributed by atoms with Gasteiger partial charge in [-0.25, -0.2) is 0 Å². The van der Waals surface area contributed by atoms with Crippen molar-refractivity contribution in [3.05, 3.63) is 22.4 Å². The first-order valence-corrected chi connectivity index (χ1v) is 11.0. The minimum atomic E-state index is 0. The summed E-state index contributed by atoms with van der Waals surface area (Å²) in [4.78, 5) is 13.9. The average Bonchev–Trinajstić information content (AvgIpc) is 3.19. The summed E-state index contributed by atoms with van der Waals surface area (Å²) in [6.45, 7) is 10.9. The molecule has 3 rings (SSSR count). The highest BCUT2D eigenvalue weighted by molar-refractivity contribution is 14.0. The molecular weight excluding hydrogens is 485 g/mol. The van der Waals surface area contributed by atoms with E-state index in [4.69, 9.17) is 9.73 Å². The van der Waals surface area contributed by atoms with Crippen LogP contribution in [-0.2, 0) is 11.3 Å². The molecule has 0 aliphatic carbocycles. The quantitative estimate of drug-likeness (QED) is 0.354. The molecule has 0 bridgehead atoms. The van der Waals surface area contributed by atoms with Crippen LogP contribution in [-0.4, -0.2) is 92.8 Å². The van der Waals surface area contributed by atoms with Crippen LogP contribution < -0.4 is 5.32 Å². The Bertz CT molecular complexity index is 581. The van der Waals surface area contributed by atoms with Crippen LogP contribution in [0.25, 0.3) is 0 Å². The Morgan fingerprint density at radius 2 is 1.96 bits per heavy atom. The molecule has 3 heterocycles. The smallest absolute Gasteiger partial charge is 0.194 e. The van der Waals surface area contributed by atoms with Gasteiger partial charge in [0.2, 0.25) is 0 Å². The Morgan fingerprint density at radius 3 is 2.54 bits per heavy atom. The zero-order valence-corrected chi connectivity index (χ0v) is 20.7. The van der Waals surface area contributed by atoms with Crippen LogP contribution in [0.15, 0.2) is 22.5 Å². The lowest BCUT2D eigenvalue weighted by atomic mass is 9.89. The normalized spacial score (nSPS) is 20.9.